The molecule has 1 aliphatic heterocycles. The molecule has 1 aliphatic rings. The number of hydrogen-bond donors (Lipinski definition) is 1. The molecule has 1 atom stereocenters. The lowest BCUT2D eigenvalue weighted by Crippen LogP contribution is -2.40. The topological polar surface area (TPSA) is 69.4 Å². The maximum Gasteiger partial charge on any atom is 0.252 e. The Balaban J connectivity index is 1.70. The van der Waals surface area contributed by atoms with Gasteiger partial charge in [0.2, 0.25) is 0 Å². The molecular weight excluding hydrogens is 222 g/mol. The van der Waals surface area contributed by atoms with Crippen LogP contribution in [-0.2, 0) is 16.1 Å². The minimum Gasteiger partial charge on any atom is -0.373 e. The molecule has 0 aromatic carbocycles. The summed E-state index contributed by atoms with van der Waals surface area (Å²) >= 11 is 0. The quantitative estimate of drug-likeness (QED) is 0.818. The molecule has 0 spiro atoms. The minimum atomic E-state index is 0.122. The van der Waals surface area contributed by atoms with Crippen molar-refractivity contribution >= 4 is 0 Å². The average Bonchev–Trinajstić information content (AvgIpc) is 2.79. The van der Waals surface area contributed by atoms with Gasteiger partial charge in [-0.2, -0.15) is 4.98 Å². The van der Waals surface area contributed by atoms with Gasteiger partial charge in [-0.05, 0) is 0 Å². The lowest BCUT2D eigenvalue weighted by Gasteiger charge is -2.22. The molecule has 1 unspecified atom stereocenters. The molecular formula is C11H19N3O3. The lowest BCUT2D eigenvalue weighted by atomic mass is 10.2. The second-order valence-electron chi connectivity index (χ2n) is 4.41. The summed E-state index contributed by atoms with van der Waals surface area (Å²) in [4.78, 5) is 4.23. The van der Waals surface area contributed by atoms with Crippen molar-refractivity contribution in [3.8, 4) is 0 Å². The van der Waals surface area contributed by atoms with Crippen molar-refractivity contribution in [3.63, 3.8) is 0 Å². The summed E-state index contributed by atoms with van der Waals surface area (Å²) in [5, 5.41) is 7.12. The van der Waals surface area contributed by atoms with Gasteiger partial charge in [0.15, 0.2) is 5.82 Å². The first kappa shape index (κ1) is 12.5. The Kier molecular flexibility index (Phi) is 4.47. The fraction of sp³-hybridized carbons (Fsp3) is 0.818. The third-order valence-corrected chi connectivity index (χ3v) is 2.53. The van der Waals surface area contributed by atoms with Crippen molar-refractivity contribution in [1.82, 2.24) is 15.5 Å². The molecule has 1 aromatic heterocycles. The van der Waals surface area contributed by atoms with Crippen LogP contribution in [0.4, 0.5) is 0 Å². The maximum atomic E-state index is 5.51. The van der Waals surface area contributed by atoms with Gasteiger partial charge in [-0.25, -0.2) is 0 Å². The smallest absolute Gasteiger partial charge is 0.252 e. The van der Waals surface area contributed by atoms with Crippen LogP contribution in [0.5, 0.6) is 0 Å². The lowest BCUT2D eigenvalue weighted by molar-refractivity contribution is -0.0398. The highest BCUT2D eigenvalue weighted by Crippen LogP contribution is 2.10. The van der Waals surface area contributed by atoms with Crippen LogP contribution < -0.4 is 5.32 Å². The molecule has 0 aliphatic carbocycles. The second-order valence-corrected chi connectivity index (χ2v) is 4.41. The molecule has 0 radical (unpaired) electrons. The van der Waals surface area contributed by atoms with Crippen molar-refractivity contribution in [3.05, 3.63) is 11.7 Å². The fourth-order valence-electron chi connectivity index (χ4n) is 1.57. The van der Waals surface area contributed by atoms with Gasteiger partial charge in [-0.15, -0.1) is 0 Å². The number of morpholine rings is 1. The van der Waals surface area contributed by atoms with Crippen LogP contribution in [0.15, 0.2) is 4.52 Å². The minimum absolute atomic E-state index is 0.122. The SMILES string of the molecule is CC(C)c1noc(COCC2CNCCO2)n1. The molecule has 0 saturated carbocycles. The van der Waals surface area contributed by atoms with Gasteiger partial charge in [-0.1, -0.05) is 19.0 Å². The van der Waals surface area contributed by atoms with Crippen LogP contribution in [-0.4, -0.2) is 42.5 Å². The highest BCUT2D eigenvalue weighted by atomic mass is 16.5. The van der Waals surface area contributed by atoms with Crippen LogP contribution >= 0.6 is 0 Å². The Hall–Kier alpha value is -0.980. The first-order chi connectivity index (χ1) is 8.25. The molecule has 6 heteroatoms. The summed E-state index contributed by atoms with van der Waals surface area (Å²) in [6.45, 7) is 7.44. The van der Waals surface area contributed by atoms with E-state index < -0.39 is 0 Å². The van der Waals surface area contributed by atoms with E-state index in [0.29, 0.717) is 19.1 Å². The first-order valence-corrected chi connectivity index (χ1v) is 5.98. The monoisotopic (exact) mass is 241 g/mol. The third kappa shape index (κ3) is 3.76. The van der Waals surface area contributed by atoms with Gasteiger partial charge >= 0.3 is 0 Å². The van der Waals surface area contributed by atoms with Crippen LogP contribution in [0.1, 0.15) is 31.5 Å². The van der Waals surface area contributed by atoms with E-state index in [0.717, 1.165) is 25.5 Å². The third-order valence-electron chi connectivity index (χ3n) is 2.53. The van der Waals surface area contributed by atoms with E-state index in [-0.39, 0.29) is 12.0 Å². The zero-order chi connectivity index (χ0) is 12.1. The number of aromatic nitrogens is 2. The molecule has 0 bridgehead atoms. The van der Waals surface area contributed by atoms with E-state index >= 15 is 0 Å². The fourth-order valence-corrected chi connectivity index (χ4v) is 1.57. The summed E-state index contributed by atoms with van der Waals surface area (Å²) in [5.74, 6) is 1.52. The van der Waals surface area contributed by atoms with Crippen molar-refractivity contribution in [2.24, 2.45) is 0 Å². The largest absolute Gasteiger partial charge is 0.373 e. The predicted molar refractivity (Wildman–Crippen MR) is 60.7 cm³/mol. The first-order valence-electron chi connectivity index (χ1n) is 5.98. The van der Waals surface area contributed by atoms with E-state index in [1.54, 1.807) is 0 Å². The number of hydrogen-bond acceptors (Lipinski definition) is 6. The zero-order valence-electron chi connectivity index (χ0n) is 10.3. The Morgan fingerprint density at radius 1 is 1.53 bits per heavy atom. The predicted octanol–water partition coefficient (Wildman–Crippen LogP) is 0.698. The van der Waals surface area contributed by atoms with Crippen LogP contribution in [0.2, 0.25) is 0 Å². The van der Waals surface area contributed by atoms with Gasteiger partial charge in [-0.3, -0.25) is 0 Å². The second kappa shape index (κ2) is 6.09. The Morgan fingerprint density at radius 3 is 3.06 bits per heavy atom. The van der Waals surface area contributed by atoms with Crippen molar-refractivity contribution in [2.75, 3.05) is 26.3 Å². The Labute approximate surface area is 101 Å². The van der Waals surface area contributed by atoms with Gasteiger partial charge in [0.25, 0.3) is 5.89 Å². The molecule has 17 heavy (non-hydrogen) atoms. The van der Waals surface area contributed by atoms with Crippen molar-refractivity contribution in [1.29, 1.82) is 0 Å². The van der Waals surface area contributed by atoms with Crippen LogP contribution in [0.3, 0.4) is 0 Å². The maximum absolute atomic E-state index is 5.51. The van der Waals surface area contributed by atoms with Crippen molar-refractivity contribution in [2.45, 2.75) is 32.5 Å². The van der Waals surface area contributed by atoms with E-state index in [2.05, 4.69) is 15.5 Å². The summed E-state index contributed by atoms with van der Waals surface area (Å²) < 4.78 is 16.1. The van der Waals surface area contributed by atoms with Crippen molar-refractivity contribution < 1.29 is 14.0 Å². The van der Waals surface area contributed by atoms with Gasteiger partial charge in [0.05, 0.1) is 19.3 Å². The molecule has 1 N–H and O–H groups in total. The number of rotatable bonds is 5. The molecule has 2 rings (SSSR count). The highest BCUT2D eigenvalue weighted by molar-refractivity contribution is 4.90. The van der Waals surface area contributed by atoms with Crippen LogP contribution in [0.25, 0.3) is 0 Å². The molecule has 1 fully saturated rings. The Morgan fingerprint density at radius 2 is 2.41 bits per heavy atom. The van der Waals surface area contributed by atoms with Gasteiger partial charge < -0.3 is 19.3 Å². The highest BCUT2D eigenvalue weighted by Gasteiger charge is 2.14. The molecule has 96 valence electrons. The Bertz CT molecular complexity index is 334. The van der Waals surface area contributed by atoms with E-state index in [9.17, 15) is 0 Å². The molecule has 6 nitrogen and oxygen atoms in total. The van der Waals surface area contributed by atoms with E-state index in [1.807, 2.05) is 13.8 Å². The zero-order valence-corrected chi connectivity index (χ0v) is 10.3. The van der Waals surface area contributed by atoms with E-state index in [4.69, 9.17) is 14.0 Å². The molecule has 1 saturated heterocycles. The molecule has 1 aromatic rings. The summed E-state index contributed by atoms with van der Waals surface area (Å²) in [6, 6.07) is 0. The molecule has 2 heterocycles. The molecule has 0 amide bonds. The number of ether oxygens (including phenoxy) is 2. The van der Waals surface area contributed by atoms with E-state index in [1.165, 1.54) is 0 Å². The normalized spacial score (nSPS) is 21.0. The van der Waals surface area contributed by atoms with Crippen LogP contribution in [0, 0.1) is 0 Å². The standard InChI is InChI=1S/C11H19N3O3/c1-8(2)11-13-10(17-14-11)7-15-6-9-5-12-3-4-16-9/h8-9,12H,3-7H2,1-2H3. The summed E-state index contributed by atoms with van der Waals surface area (Å²) in [5.41, 5.74) is 0. The number of nitrogens with zero attached hydrogens (tertiary/aromatic N) is 2. The summed E-state index contributed by atoms with van der Waals surface area (Å²) in [6.07, 6.45) is 0.122. The average molecular weight is 241 g/mol. The summed E-state index contributed by atoms with van der Waals surface area (Å²) in [7, 11) is 0. The van der Waals surface area contributed by atoms with Gasteiger partial charge in [0.1, 0.15) is 6.61 Å². The number of nitrogens with one attached hydrogen (secondary N) is 1. The van der Waals surface area contributed by atoms with Gasteiger partial charge in [0, 0.05) is 19.0 Å².